The molecule has 0 aliphatic heterocycles. The molecule has 0 bridgehead atoms. The summed E-state index contributed by atoms with van der Waals surface area (Å²) in [4.78, 5) is 26.0. The normalized spacial score (nSPS) is 13.1. The molecule has 148 valence electrons. The van der Waals surface area contributed by atoms with Crippen LogP contribution in [0.15, 0.2) is 30.3 Å². The first-order valence-electron chi connectivity index (χ1n) is 8.80. The highest BCUT2D eigenvalue weighted by Gasteiger charge is 2.35. The van der Waals surface area contributed by atoms with E-state index in [4.69, 9.17) is 10.3 Å². The van der Waals surface area contributed by atoms with Crippen LogP contribution in [0, 0.1) is 0 Å². The SMILES string of the molecule is CCCCCNc1cc(OS(=O)(=O)O)c(N)c2c1C(=O)c1ccccc1C2=O. The number of anilines is 2. The average Bonchev–Trinajstić information content (AvgIpc) is 2.64. The van der Waals surface area contributed by atoms with Crippen LogP contribution in [0.3, 0.4) is 0 Å². The molecule has 0 unspecified atom stereocenters. The molecule has 9 heteroatoms. The first-order valence-corrected chi connectivity index (χ1v) is 10.2. The lowest BCUT2D eigenvalue weighted by molar-refractivity contribution is 0.0980. The molecule has 28 heavy (non-hydrogen) atoms. The molecular weight excluding hydrogens is 384 g/mol. The van der Waals surface area contributed by atoms with Crippen LogP contribution in [0.2, 0.25) is 0 Å². The summed E-state index contributed by atoms with van der Waals surface area (Å²) in [6.45, 7) is 2.54. The fraction of sp³-hybridized carbons (Fsp3) is 0.263. The number of rotatable bonds is 7. The van der Waals surface area contributed by atoms with Gasteiger partial charge < -0.3 is 15.2 Å². The summed E-state index contributed by atoms with van der Waals surface area (Å²) >= 11 is 0. The van der Waals surface area contributed by atoms with Gasteiger partial charge in [-0.1, -0.05) is 44.0 Å². The molecule has 1 aliphatic rings. The number of fused-ring (bicyclic) bond motifs is 2. The minimum Gasteiger partial charge on any atom is -0.395 e. The number of carbonyl (C=O) groups excluding carboxylic acids is 2. The van der Waals surface area contributed by atoms with Gasteiger partial charge in [0.25, 0.3) is 0 Å². The van der Waals surface area contributed by atoms with Crippen LogP contribution >= 0.6 is 0 Å². The van der Waals surface area contributed by atoms with Crippen molar-refractivity contribution in [3.63, 3.8) is 0 Å². The van der Waals surface area contributed by atoms with Crippen molar-refractivity contribution >= 4 is 33.3 Å². The van der Waals surface area contributed by atoms with E-state index in [1.165, 1.54) is 12.1 Å². The van der Waals surface area contributed by atoms with Crippen molar-refractivity contribution in [3.8, 4) is 5.75 Å². The van der Waals surface area contributed by atoms with Gasteiger partial charge >= 0.3 is 10.4 Å². The second-order valence-electron chi connectivity index (χ2n) is 6.43. The zero-order valence-corrected chi connectivity index (χ0v) is 16.0. The molecule has 0 spiro atoms. The summed E-state index contributed by atoms with van der Waals surface area (Å²) < 4.78 is 35.9. The monoisotopic (exact) mass is 404 g/mol. The zero-order chi connectivity index (χ0) is 20.5. The summed E-state index contributed by atoms with van der Waals surface area (Å²) in [5.74, 6) is -1.33. The van der Waals surface area contributed by atoms with E-state index in [2.05, 4.69) is 9.50 Å². The Hall–Kier alpha value is -2.91. The van der Waals surface area contributed by atoms with Crippen LogP contribution in [0.1, 0.15) is 58.0 Å². The molecule has 0 heterocycles. The fourth-order valence-corrected chi connectivity index (χ4v) is 3.58. The van der Waals surface area contributed by atoms with Gasteiger partial charge in [-0.25, -0.2) is 0 Å². The lowest BCUT2D eigenvalue weighted by atomic mass is 9.82. The molecule has 4 N–H and O–H groups in total. The Morgan fingerprint density at radius 3 is 2.25 bits per heavy atom. The third kappa shape index (κ3) is 3.71. The molecule has 0 saturated carbocycles. The first-order chi connectivity index (χ1) is 13.2. The Morgan fingerprint density at radius 1 is 1.07 bits per heavy atom. The van der Waals surface area contributed by atoms with Gasteiger partial charge in [-0.05, 0) is 6.42 Å². The van der Waals surface area contributed by atoms with E-state index in [9.17, 15) is 18.0 Å². The molecule has 0 aromatic heterocycles. The van der Waals surface area contributed by atoms with Crippen LogP contribution < -0.4 is 15.2 Å². The molecule has 8 nitrogen and oxygen atoms in total. The van der Waals surface area contributed by atoms with E-state index < -0.39 is 27.7 Å². The third-order valence-electron chi connectivity index (χ3n) is 4.49. The summed E-state index contributed by atoms with van der Waals surface area (Å²) in [6.07, 6.45) is 2.75. The van der Waals surface area contributed by atoms with Gasteiger partial charge in [0.15, 0.2) is 17.3 Å². The Morgan fingerprint density at radius 2 is 1.68 bits per heavy atom. The second kappa shape index (κ2) is 7.61. The highest BCUT2D eigenvalue weighted by atomic mass is 32.3. The Labute approximate surface area is 162 Å². The van der Waals surface area contributed by atoms with Crippen molar-refractivity contribution in [2.24, 2.45) is 0 Å². The molecule has 3 rings (SSSR count). The maximum atomic E-state index is 13.1. The number of carbonyl (C=O) groups is 2. The van der Waals surface area contributed by atoms with E-state index in [0.717, 1.165) is 19.3 Å². The molecule has 2 aromatic carbocycles. The second-order valence-corrected chi connectivity index (χ2v) is 7.46. The summed E-state index contributed by atoms with van der Waals surface area (Å²) in [7, 11) is -4.87. The predicted molar refractivity (Wildman–Crippen MR) is 104 cm³/mol. The number of unbranched alkanes of at least 4 members (excludes halogenated alkanes) is 2. The number of nitrogen functional groups attached to an aromatic ring is 1. The largest absolute Gasteiger partial charge is 0.446 e. The number of nitrogens with one attached hydrogen (secondary N) is 1. The molecule has 0 atom stereocenters. The van der Waals surface area contributed by atoms with Crippen molar-refractivity contribution in [3.05, 3.63) is 52.6 Å². The van der Waals surface area contributed by atoms with Crippen molar-refractivity contribution in [2.45, 2.75) is 26.2 Å². The van der Waals surface area contributed by atoms with Gasteiger partial charge in [-0.2, -0.15) is 8.42 Å². The maximum Gasteiger partial charge on any atom is 0.446 e. The number of hydrogen-bond donors (Lipinski definition) is 3. The number of hydrogen-bond acceptors (Lipinski definition) is 7. The average molecular weight is 404 g/mol. The van der Waals surface area contributed by atoms with Crippen molar-refractivity contribution < 1.29 is 26.7 Å². The molecule has 0 amide bonds. The van der Waals surface area contributed by atoms with Crippen LogP contribution in [-0.4, -0.2) is 31.1 Å². The molecule has 0 radical (unpaired) electrons. The van der Waals surface area contributed by atoms with E-state index >= 15 is 0 Å². The highest BCUT2D eigenvalue weighted by Crippen LogP contribution is 2.41. The van der Waals surface area contributed by atoms with E-state index in [-0.39, 0.29) is 33.6 Å². The Kier molecular flexibility index (Phi) is 5.39. The fourth-order valence-electron chi connectivity index (χ4n) is 3.21. The number of benzene rings is 2. The molecular formula is C19H20N2O6S. The topological polar surface area (TPSA) is 136 Å². The lowest BCUT2D eigenvalue weighted by Gasteiger charge is -2.23. The van der Waals surface area contributed by atoms with E-state index in [1.807, 2.05) is 6.92 Å². The van der Waals surface area contributed by atoms with Gasteiger partial charge in [0, 0.05) is 23.7 Å². The van der Waals surface area contributed by atoms with Crippen molar-refractivity contribution in [1.29, 1.82) is 0 Å². The molecule has 2 aromatic rings. The summed E-state index contributed by atoms with van der Waals surface area (Å²) in [5, 5.41) is 3.06. The third-order valence-corrected chi connectivity index (χ3v) is 4.88. The predicted octanol–water partition coefficient (Wildman–Crippen LogP) is 2.83. The quantitative estimate of drug-likeness (QED) is 0.311. The summed E-state index contributed by atoms with van der Waals surface area (Å²) in [5.41, 5.74) is 6.23. The van der Waals surface area contributed by atoms with Crippen LogP contribution in [0.4, 0.5) is 11.4 Å². The molecule has 0 saturated heterocycles. The minimum atomic E-state index is -4.87. The Balaban J connectivity index is 2.18. The van der Waals surface area contributed by atoms with Gasteiger partial charge in [0.05, 0.1) is 22.5 Å². The lowest BCUT2D eigenvalue weighted by Crippen LogP contribution is -2.25. The summed E-state index contributed by atoms with van der Waals surface area (Å²) in [6, 6.07) is 7.55. The van der Waals surface area contributed by atoms with E-state index in [0.29, 0.717) is 6.54 Å². The molecule has 1 aliphatic carbocycles. The van der Waals surface area contributed by atoms with Crippen molar-refractivity contribution in [2.75, 3.05) is 17.6 Å². The number of nitrogens with two attached hydrogens (primary N) is 1. The maximum absolute atomic E-state index is 13.1. The zero-order valence-electron chi connectivity index (χ0n) is 15.2. The van der Waals surface area contributed by atoms with Crippen LogP contribution in [-0.2, 0) is 10.4 Å². The number of ketones is 2. The Bertz CT molecular complexity index is 1060. The van der Waals surface area contributed by atoms with Gasteiger partial charge in [0.2, 0.25) is 0 Å². The van der Waals surface area contributed by atoms with Gasteiger partial charge in [0.1, 0.15) is 0 Å². The van der Waals surface area contributed by atoms with Gasteiger partial charge in [-0.3, -0.25) is 14.1 Å². The van der Waals surface area contributed by atoms with Crippen molar-refractivity contribution in [1.82, 2.24) is 0 Å². The molecule has 0 fully saturated rings. The highest BCUT2D eigenvalue weighted by molar-refractivity contribution is 7.81. The standard InChI is InChI=1S/C19H20N2O6S/c1-2-3-6-9-21-13-10-14(27-28(24,25)26)17(20)16-15(13)18(22)11-7-4-5-8-12(11)19(16)23/h4-5,7-8,10,21H,2-3,6,9,20H2,1H3,(H,24,25,26). The minimum absolute atomic E-state index is 0.0698. The van der Waals surface area contributed by atoms with Crippen LogP contribution in [0.25, 0.3) is 0 Å². The van der Waals surface area contributed by atoms with E-state index in [1.54, 1.807) is 18.2 Å². The van der Waals surface area contributed by atoms with Gasteiger partial charge in [-0.15, -0.1) is 0 Å². The van der Waals surface area contributed by atoms with Crippen LogP contribution in [0.5, 0.6) is 5.75 Å². The first kappa shape index (κ1) is 19.8. The smallest absolute Gasteiger partial charge is 0.395 e.